The summed E-state index contributed by atoms with van der Waals surface area (Å²) in [4.78, 5) is 98.5. The van der Waals surface area contributed by atoms with Crippen molar-refractivity contribution in [3.05, 3.63) is 0 Å². The molecule has 0 aromatic heterocycles. The molecule has 0 spiro atoms. The molecule has 4 saturated heterocycles. The van der Waals surface area contributed by atoms with Gasteiger partial charge in [-0.1, -0.05) is 12.8 Å². The van der Waals surface area contributed by atoms with Gasteiger partial charge in [-0.05, 0) is 44.9 Å². The molecule has 4 heterocycles. The van der Waals surface area contributed by atoms with E-state index in [1.165, 1.54) is 0 Å². The van der Waals surface area contributed by atoms with Crippen molar-refractivity contribution in [2.24, 2.45) is 0 Å². The van der Waals surface area contributed by atoms with Gasteiger partial charge in [-0.25, -0.2) is 14.4 Å². The predicted octanol–water partition coefficient (Wildman–Crippen LogP) is -3.41. The summed E-state index contributed by atoms with van der Waals surface area (Å²) in [6.45, 7) is 1.11. The number of carbonyl (C=O) groups is 8. The molecule has 0 aromatic carbocycles. The lowest BCUT2D eigenvalue weighted by molar-refractivity contribution is -0.346. The number of ether oxygens (including phenoxy) is 5. The lowest BCUT2D eigenvalue weighted by Crippen LogP contribution is -2.70. The monoisotopic (exact) mass is 1070 g/mol. The number of fused-ring (bicyclic) bond motifs is 1. The van der Waals surface area contributed by atoms with Crippen molar-refractivity contribution in [3.8, 4) is 0 Å². The Balaban J connectivity index is 1.26. The highest BCUT2D eigenvalue weighted by atomic mass is 32.2. The summed E-state index contributed by atoms with van der Waals surface area (Å²) in [5.74, 6) is -11.5. The van der Waals surface area contributed by atoms with Crippen molar-refractivity contribution in [3.63, 3.8) is 0 Å². The van der Waals surface area contributed by atoms with Crippen LogP contribution in [0.5, 0.6) is 0 Å². The van der Waals surface area contributed by atoms with Gasteiger partial charge in [0, 0.05) is 70.5 Å². The van der Waals surface area contributed by atoms with Gasteiger partial charge >= 0.3 is 23.9 Å². The molecule has 0 aromatic rings. The van der Waals surface area contributed by atoms with Crippen LogP contribution in [0.2, 0.25) is 0 Å². The standard InChI is InChI=1S/C45H74N6O21S/c1-23(54)48-35-27(57)18-44(41(63)64,68-17-11-5-10-16-47-32(60)13-6-4-9-15-46-33(61)14-8-7-12-31-34-26(22-73-31)50-43(67)51-34)71-39(35)37(62)30(21-53)70-45(42(65)66)19-28(58)36(49-24(2)55)40(72-45)38(29(59)20-52)69-25(3)56/h26-31,34-40,52-53,57-59,62H,4-22H2,1-3H3,(H,46,61)(H,47,60)(H,48,54)(H,49,55)(H,63,64)(H,65,66)(H2,50,51,67)/t26-,27-,28-,29+,30+,31-,34-,35+,36+,37+,38+,39+,40+,44+,45+/m0/s1. The Kier molecular flexibility index (Phi) is 24.2. The number of carbonyl (C=O) groups excluding carboxylic acids is 6. The van der Waals surface area contributed by atoms with Gasteiger partial charge in [0.1, 0.15) is 30.5 Å². The molecule has 14 N–H and O–H groups in total. The summed E-state index contributed by atoms with van der Waals surface area (Å²) in [6, 6.07) is -3.04. The molecule has 27 nitrogen and oxygen atoms in total. The maximum absolute atomic E-state index is 13.0. The lowest BCUT2D eigenvalue weighted by Gasteiger charge is -2.49. The fourth-order valence-corrected chi connectivity index (χ4v) is 10.9. The summed E-state index contributed by atoms with van der Waals surface area (Å²) in [6.07, 6.45) is -11.6. The Morgan fingerprint density at radius 1 is 0.740 bits per heavy atom. The van der Waals surface area contributed by atoms with Gasteiger partial charge in [0.25, 0.3) is 11.6 Å². The highest BCUT2D eigenvalue weighted by molar-refractivity contribution is 8.00. The van der Waals surface area contributed by atoms with E-state index in [2.05, 4.69) is 31.9 Å². The normalized spacial score (nSPS) is 30.3. The number of urea groups is 1. The maximum atomic E-state index is 13.0. The third-order valence-electron chi connectivity index (χ3n) is 12.9. The van der Waals surface area contributed by atoms with Crippen LogP contribution < -0.4 is 31.9 Å². The van der Waals surface area contributed by atoms with Gasteiger partial charge in [0.15, 0.2) is 6.10 Å². The smallest absolute Gasteiger partial charge is 0.364 e. The third kappa shape index (κ3) is 17.5. The first kappa shape index (κ1) is 61.1. The number of carboxylic acid groups (broad SMARTS) is 2. The molecule has 0 aliphatic carbocycles. The van der Waals surface area contributed by atoms with Crippen molar-refractivity contribution < 1.29 is 103 Å². The number of hydrogen-bond donors (Lipinski definition) is 14. The number of unbranched alkanes of at least 4 members (excludes halogenated alkanes) is 5. The Hall–Kier alpha value is -4.49. The summed E-state index contributed by atoms with van der Waals surface area (Å²) in [5, 5.41) is 103. The number of nitrogens with one attached hydrogen (secondary N) is 6. The molecule has 0 bridgehead atoms. The van der Waals surface area contributed by atoms with Crippen molar-refractivity contribution in [2.45, 2.75) is 194 Å². The van der Waals surface area contributed by atoms with E-state index in [1.54, 1.807) is 0 Å². The summed E-state index contributed by atoms with van der Waals surface area (Å²) >= 11 is 1.84. The quantitative estimate of drug-likeness (QED) is 0.0183. The maximum Gasteiger partial charge on any atom is 0.364 e. The number of amides is 6. The van der Waals surface area contributed by atoms with E-state index in [0.29, 0.717) is 50.4 Å². The van der Waals surface area contributed by atoms with E-state index >= 15 is 0 Å². The number of aliphatic hydroxyl groups excluding tert-OH is 6. The van der Waals surface area contributed by atoms with Crippen LogP contribution in [0.3, 0.4) is 0 Å². The van der Waals surface area contributed by atoms with E-state index in [-0.39, 0.29) is 49.4 Å². The molecule has 4 fully saturated rings. The molecule has 0 radical (unpaired) electrons. The number of rotatable bonds is 31. The number of aliphatic hydroxyl groups is 6. The predicted molar refractivity (Wildman–Crippen MR) is 252 cm³/mol. The van der Waals surface area contributed by atoms with Gasteiger partial charge in [-0.15, -0.1) is 0 Å². The number of carboxylic acids is 2. The van der Waals surface area contributed by atoms with Gasteiger partial charge < -0.3 is 96.4 Å². The largest absolute Gasteiger partial charge is 0.477 e. The first-order valence-electron chi connectivity index (χ1n) is 24.6. The van der Waals surface area contributed by atoms with Crippen molar-refractivity contribution >= 4 is 59.3 Å². The molecule has 4 rings (SSSR count). The Morgan fingerprint density at radius 3 is 1.84 bits per heavy atom. The Morgan fingerprint density at radius 2 is 1.29 bits per heavy atom. The lowest BCUT2D eigenvalue weighted by atomic mass is 9.87. The molecular formula is C45H74N6O21S. The first-order chi connectivity index (χ1) is 34.6. The minimum Gasteiger partial charge on any atom is -0.477 e. The summed E-state index contributed by atoms with van der Waals surface area (Å²) in [7, 11) is 0. The van der Waals surface area contributed by atoms with Crippen LogP contribution >= 0.6 is 11.8 Å². The van der Waals surface area contributed by atoms with Gasteiger partial charge in [0.2, 0.25) is 23.6 Å². The Bertz CT molecular complexity index is 1890. The molecular weight excluding hydrogens is 993 g/mol. The fraction of sp³-hybridized carbons (Fsp3) is 0.822. The second-order valence-electron chi connectivity index (χ2n) is 18.7. The number of aliphatic carboxylic acids is 2. The van der Waals surface area contributed by atoms with Crippen LogP contribution in [0.1, 0.15) is 104 Å². The molecule has 15 atom stereocenters. The number of thioether (sulfide) groups is 1. The van der Waals surface area contributed by atoms with Crippen LogP contribution in [0.4, 0.5) is 4.79 Å². The minimum absolute atomic E-state index is 0.0200. The van der Waals surface area contributed by atoms with E-state index in [0.717, 1.165) is 52.2 Å². The van der Waals surface area contributed by atoms with Crippen molar-refractivity contribution in [2.75, 3.05) is 38.7 Å². The second kappa shape index (κ2) is 29.0. The Labute approximate surface area is 425 Å². The molecule has 4 aliphatic rings. The highest BCUT2D eigenvalue weighted by Crippen LogP contribution is 2.39. The third-order valence-corrected chi connectivity index (χ3v) is 14.4. The second-order valence-corrected chi connectivity index (χ2v) is 20.0. The van der Waals surface area contributed by atoms with Gasteiger partial charge in [0.05, 0.1) is 56.2 Å². The van der Waals surface area contributed by atoms with Crippen LogP contribution in [0.15, 0.2) is 0 Å². The first-order valence-corrected chi connectivity index (χ1v) is 25.6. The molecule has 416 valence electrons. The highest BCUT2D eigenvalue weighted by Gasteiger charge is 2.60. The molecule has 6 amide bonds. The van der Waals surface area contributed by atoms with E-state index in [1.807, 2.05) is 11.8 Å². The van der Waals surface area contributed by atoms with Crippen molar-refractivity contribution in [1.82, 2.24) is 31.9 Å². The van der Waals surface area contributed by atoms with Gasteiger partial charge in [-0.3, -0.25) is 24.0 Å². The summed E-state index contributed by atoms with van der Waals surface area (Å²) < 4.78 is 28.1. The van der Waals surface area contributed by atoms with E-state index in [4.69, 9.17) is 23.7 Å². The fourth-order valence-electron chi connectivity index (χ4n) is 9.33. The zero-order valence-corrected chi connectivity index (χ0v) is 42.1. The molecule has 28 heteroatoms. The van der Waals surface area contributed by atoms with Crippen molar-refractivity contribution in [1.29, 1.82) is 0 Å². The SMILES string of the molecule is CC(=O)N[C@H]1[C@H]([C@H](OC(C)=O)[C@H](O)CO)O[C@@](O[C@H](CO)[C@@H](O)[C@@H]2O[C@@](OCCCCCNC(=O)CCCCCNC(=O)CCCC[C@@H]3SC[C@@H]4NC(=O)N[C@@H]43)(C(=O)O)C[C@H](O)[C@H]2NC(C)=O)(C(=O)O)C[C@@H]1O. The average molecular weight is 1070 g/mol. The minimum atomic E-state index is -3.12. The molecule has 0 unspecified atom stereocenters. The zero-order valence-electron chi connectivity index (χ0n) is 41.2. The van der Waals surface area contributed by atoms with Gasteiger partial charge in [-0.2, -0.15) is 11.8 Å². The molecule has 73 heavy (non-hydrogen) atoms. The number of hydrogen-bond acceptors (Lipinski definition) is 20. The van der Waals surface area contributed by atoms with Crippen LogP contribution in [0, 0.1) is 0 Å². The van der Waals surface area contributed by atoms with Crippen LogP contribution in [0.25, 0.3) is 0 Å². The van der Waals surface area contributed by atoms with E-state index < -0.39 is 128 Å². The number of esters is 1. The van der Waals surface area contributed by atoms with E-state index in [9.17, 15) is 79.2 Å². The summed E-state index contributed by atoms with van der Waals surface area (Å²) in [5.41, 5.74) is 0. The van der Waals surface area contributed by atoms with Crippen LogP contribution in [-0.4, -0.2) is 217 Å². The molecule has 4 aliphatic heterocycles. The topological polar surface area (TPSA) is 417 Å². The van der Waals surface area contributed by atoms with Crippen LogP contribution in [-0.2, 0) is 57.2 Å². The molecule has 0 saturated carbocycles. The zero-order chi connectivity index (χ0) is 54.0. The average Bonchev–Trinajstić information content (AvgIpc) is 3.88.